The van der Waals surface area contributed by atoms with Gasteiger partial charge in [0.05, 0.1) is 0 Å². The normalized spacial score (nSPS) is 26.7. The van der Waals surface area contributed by atoms with Gasteiger partial charge < -0.3 is 5.73 Å². The monoisotopic (exact) mass is 181 g/mol. The Morgan fingerprint density at radius 3 is 2.77 bits per heavy atom. The van der Waals surface area contributed by atoms with Crippen molar-refractivity contribution >= 4 is 5.91 Å². The molecule has 1 unspecified atom stereocenters. The Kier molecular flexibility index (Phi) is 2.79. The van der Waals surface area contributed by atoms with Crippen molar-refractivity contribution in [3.8, 4) is 0 Å². The van der Waals surface area contributed by atoms with E-state index in [1.807, 2.05) is 0 Å². The molecule has 13 heavy (non-hydrogen) atoms. The third-order valence-corrected chi connectivity index (χ3v) is 2.48. The van der Waals surface area contributed by atoms with E-state index in [0.29, 0.717) is 12.3 Å². The van der Waals surface area contributed by atoms with E-state index in [1.54, 1.807) is 0 Å². The van der Waals surface area contributed by atoms with Crippen LogP contribution in [0.4, 0.5) is 0 Å². The van der Waals surface area contributed by atoms with Crippen LogP contribution in [0, 0.1) is 11.3 Å². The summed E-state index contributed by atoms with van der Waals surface area (Å²) in [5.41, 5.74) is 6.63. The van der Waals surface area contributed by atoms with Gasteiger partial charge in [0.25, 0.3) is 0 Å². The Morgan fingerprint density at radius 2 is 2.31 bits per heavy atom. The molecule has 74 valence electrons. The highest BCUT2D eigenvalue weighted by Crippen LogP contribution is 2.37. The second kappa shape index (κ2) is 3.52. The van der Waals surface area contributed by atoms with Crippen LogP contribution in [0.25, 0.3) is 0 Å². The fourth-order valence-electron chi connectivity index (χ4n) is 2.44. The van der Waals surface area contributed by atoms with Crippen molar-refractivity contribution in [3.05, 3.63) is 11.6 Å². The van der Waals surface area contributed by atoms with Crippen LogP contribution in [0.2, 0.25) is 0 Å². The number of carbonyl (C=O) groups excluding carboxylic acids is 1. The maximum Gasteiger partial charge on any atom is 0.221 e. The van der Waals surface area contributed by atoms with Gasteiger partial charge in [0.1, 0.15) is 0 Å². The van der Waals surface area contributed by atoms with Crippen LogP contribution in [0.1, 0.15) is 40.0 Å². The van der Waals surface area contributed by atoms with Gasteiger partial charge in [-0.1, -0.05) is 32.4 Å². The van der Waals surface area contributed by atoms with Crippen LogP contribution in [0.5, 0.6) is 0 Å². The predicted molar refractivity (Wildman–Crippen MR) is 54.1 cm³/mol. The van der Waals surface area contributed by atoms with Crippen LogP contribution in [-0.2, 0) is 4.79 Å². The van der Waals surface area contributed by atoms with Gasteiger partial charge in [-0.3, -0.25) is 4.79 Å². The van der Waals surface area contributed by atoms with Crippen LogP contribution in [0.15, 0.2) is 11.6 Å². The molecule has 1 rings (SSSR count). The zero-order chi connectivity index (χ0) is 10.1. The molecular formula is C11H19NO. The van der Waals surface area contributed by atoms with E-state index in [4.69, 9.17) is 5.73 Å². The summed E-state index contributed by atoms with van der Waals surface area (Å²) in [5.74, 6) is 0.463. The van der Waals surface area contributed by atoms with E-state index < -0.39 is 0 Å². The predicted octanol–water partition coefficient (Wildman–Crippen LogP) is 2.24. The second-order valence-corrected chi connectivity index (χ2v) is 4.95. The lowest BCUT2D eigenvalue weighted by molar-refractivity contribution is -0.117. The van der Waals surface area contributed by atoms with E-state index in [2.05, 4.69) is 26.8 Å². The summed E-state index contributed by atoms with van der Waals surface area (Å²) in [6.07, 6.45) is 4.90. The number of primary amides is 1. The molecular weight excluding hydrogens is 162 g/mol. The lowest BCUT2D eigenvalue weighted by atomic mass is 9.74. The molecule has 0 radical (unpaired) electrons. The number of hydrogen-bond acceptors (Lipinski definition) is 1. The Labute approximate surface area is 80.2 Å². The van der Waals surface area contributed by atoms with Crippen molar-refractivity contribution < 1.29 is 4.79 Å². The number of nitrogens with two attached hydrogens (primary N) is 1. The molecule has 0 fully saturated rings. The van der Waals surface area contributed by atoms with Gasteiger partial charge in [-0.2, -0.15) is 0 Å². The van der Waals surface area contributed by atoms with Gasteiger partial charge in [-0.25, -0.2) is 0 Å². The van der Waals surface area contributed by atoms with Crippen molar-refractivity contribution in [2.24, 2.45) is 17.1 Å². The lowest BCUT2D eigenvalue weighted by Gasteiger charge is -2.31. The minimum atomic E-state index is -0.212. The first-order valence-corrected chi connectivity index (χ1v) is 4.88. The SMILES string of the molecule is CC1CC(CC(N)=O)=CC(C)(C)C1. The zero-order valence-electron chi connectivity index (χ0n) is 8.76. The Balaban J connectivity index is 2.73. The quantitative estimate of drug-likeness (QED) is 0.652. The second-order valence-electron chi connectivity index (χ2n) is 4.95. The first-order chi connectivity index (χ1) is 5.89. The van der Waals surface area contributed by atoms with Gasteiger partial charge >= 0.3 is 0 Å². The first kappa shape index (κ1) is 10.3. The Hall–Kier alpha value is -0.790. The van der Waals surface area contributed by atoms with Gasteiger partial charge in [-0.05, 0) is 24.2 Å². The minimum Gasteiger partial charge on any atom is -0.369 e. The molecule has 0 aliphatic heterocycles. The average Bonchev–Trinajstić information content (AvgIpc) is 1.78. The van der Waals surface area contributed by atoms with Crippen LogP contribution in [-0.4, -0.2) is 5.91 Å². The van der Waals surface area contributed by atoms with Crippen molar-refractivity contribution in [2.45, 2.75) is 40.0 Å². The topological polar surface area (TPSA) is 43.1 Å². The molecule has 2 heteroatoms. The molecule has 2 N–H and O–H groups in total. The van der Waals surface area contributed by atoms with Crippen molar-refractivity contribution in [1.29, 1.82) is 0 Å². The van der Waals surface area contributed by atoms with Gasteiger partial charge in [0, 0.05) is 6.42 Å². The molecule has 0 saturated carbocycles. The molecule has 1 aliphatic rings. The Morgan fingerprint density at radius 1 is 1.69 bits per heavy atom. The van der Waals surface area contributed by atoms with Crippen LogP contribution in [0.3, 0.4) is 0 Å². The number of hydrogen-bond donors (Lipinski definition) is 1. The molecule has 1 aliphatic carbocycles. The smallest absolute Gasteiger partial charge is 0.221 e. The molecule has 1 amide bonds. The maximum absolute atomic E-state index is 10.8. The molecule has 0 aromatic heterocycles. The fraction of sp³-hybridized carbons (Fsp3) is 0.727. The van der Waals surface area contributed by atoms with E-state index in [1.165, 1.54) is 12.0 Å². The summed E-state index contributed by atoms with van der Waals surface area (Å²) in [6.45, 7) is 6.66. The zero-order valence-corrected chi connectivity index (χ0v) is 8.76. The standard InChI is InChI=1S/C11H19NO/c1-8-4-9(5-10(12)13)7-11(2,3)6-8/h7-8H,4-6H2,1-3H3,(H2,12,13). The van der Waals surface area contributed by atoms with Crippen molar-refractivity contribution in [1.82, 2.24) is 0 Å². The van der Waals surface area contributed by atoms with E-state index >= 15 is 0 Å². The number of allylic oxidation sites excluding steroid dienone is 1. The highest BCUT2D eigenvalue weighted by molar-refractivity contribution is 5.76. The molecule has 0 bridgehead atoms. The summed E-state index contributed by atoms with van der Waals surface area (Å²) >= 11 is 0. The number of carbonyl (C=O) groups is 1. The van der Waals surface area contributed by atoms with Crippen molar-refractivity contribution in [2.75, 3.05) is 0 Å². The minimum absolute atomic E-state index is 0.212. The molecule has 0 aromatic rings. The molecule has 0 spiro atoms. The largest absolute Gasteiger partial charge is 0.369 e. The maximum atomic E-state index is 10.8. The average molecular weight is 181 g/mol. The third kappa shape index (κ3) is 3.21. The van der Waals surface area contributed by atoms with Crippen molar-refractivity contribution in [3.63, 3.8) is 0 Å². The van der Waals surface area contributed by atoms with E-state index in [0.717, 1.165) is 6.42 Å². The van der Waals surface area contributed by atoms with E-state index in [9.17, 15) is 4.79 Å². The van der Waals surface area contributed by atoms with Gasteiger partial charge in [-0.15, -0.1) is 0 Å². The molecule has 2 nitrogen and oxygen atoms in total. The fourth-order valence-corrected chi connectivity index (χ4v) is 2.44. The molecule has 0 saturated heterocycles. The summed E-state index contributed by atoms with van der Waals surface area (Å²) in [7, 11) is 0. The highest BCUT2D eigenvalue weighted by atomic mass is 16.1. The first-order valence-electron chi connectivity index (χ1n) is 4.88. The highest BCUT2D eigenvalue weighted by Gasteiger charge is 2.25. The van der Waals surface area contributed by atoms with Gasteiger partial charge in [0.2, 0.25) is 5.91 Å². The number of amides is 1. The molecule has 1 atom stereocenters. The molecule has 0 aromatic carbocycles. The van der Waals surface area contributed by atoms with E-state index in [-0.39, 0.29) is 11.3 Å². The summed E-state index contributed by atoms with van der Waals surface area (Å²) in [6, 6.07) is 0. The van der Waals surface area contributed by atoms with Gasteiger partial charge in [0.15, 0.2) is 0 Å². The third-order valence-electron chi connectivity index (χ3n) is 2.48. The Bertz CT molecular complexity index is 240. The lowest BCUT2D eigenvalue weighted by Crippen LogP contribution is -2.21. The molecule has 0 heterocycles. The summed E-state index contributed by atoms with van der Waals surface area (Å²) in [4.78, 5) is 10.8. The summed E-state index contributed by atoms with van der Waals surface area (Å²) in [5, 5.41) is 0. The summed E-state index contributed by atoms with van der Waals surface area (Å²) < 4.78 is 0. The van der Waals surface area contributed by atoms with Crippen LogP contribution < -0.4 is 5.73 Å². The number of rotatable bonds is 2. The van der Waals surface area contributed by atoms with Crippen LogP contribution >= 0.6 is 0 Å².